The Morgan fingerprint density at radius 2 is 1.92 bits per heavy atom. The maximum Gasteiger partial charge on any atom is 0.337 e. The van der Waals surface area contributed by atoms with Gasteiger partial charge < -0.3 is 10.1 Å². The van der Waals surface area contributed by atoms with E-state index in [1.165, 1.54) is 7.11 Å². The van der Waals surface area contributed by atoms with E-state index in [0.29, 0.717) is 12.0 Å². The van der Waals surface area contributed by atoms with Crippen LogP contribution in [0.3, 0.4) is 0 Å². The van der Waals surface area contributed by atoms with Gasteiger partial charge in [-0.05, 0) is 36.2 Å². The van der Waals surface area contributed by atoms with Crippen LogP contribution >= 0.6 is 11.8 Å². The summed E-state index contributed by atoms with van der Waals surface area (Å²) in [4.78, 5) is 25.6. The molecule has 5 heteroatoms. The summed E-state index contributed by atoms with van der Waals surface area (Å²) in [6.45, 7) is 0. The molecule has 1 aliphatic carbocycles. The molecule has 2 aliphatic rings. The zero-order valence-corrected chi connectivity index (χ0v) is 15.2. The summed E-state index contributed by atoms with van der Waals surface area (Å²) < 4.78 is 4.77. The van der Waals surface area contributed by atoms with Crippen molar-refractivity contribution in [1.82, 2.24) is 0 Å². The lowest BCUT2D eigenvalue weighted by atomic mass is 9.85. The highest BCUT2D eigenvalue weighted by molar-refractivity contribution is 7.99. The normalized spacial score (nSPS) is 21.6. The predicted molar refractivity (Wildman–Crippen MR) is 102 cm³/mol. The number of esters is 1. The van der Waals surface area contributed by atoms with E-state index in [1.807, 2.05) is 30.3 Å². The molecule has 2 aromatic carbocycles. The van der Waals surface area contributed by atoms with Crippen molar-refractivity contribution in [1.29, 1.82) is 0 Å². The second-order valence-corrected chi connectivity index (χ2v) is 7.60. The van der Waals surface area contributed by atoms with E-state index in [1.54, 1.807) is 23.9 Å². The number of hydrogen-bond donors (Lipinski definition) is 1. The quantitative estimate of drug-likeness (QED) is 0.789. The molecule has 2 aromatic rings. The first-order valence-electron chi connectivity index (χ1n) is 8.61. The molecule has 4 nitrogen and oxygen atoms in total. The van der Waals surface area contributed by atoms with Gasteiger partial charge in [0.1, 0.15) is 5.78 Å². The maximum atomic E-state index is 12.8. The van der Waals surface area contributed by atoms with Gasteiger partial charge in [0.05, 0.1) is 24.3 Å². The lowest BCUT2D eigenvalue weighted by Gasteiger charge is -2.28. The van der Waals surface area contributed by atoms with Crippen molar-refractivity contribution >= 4 is 29.2 Å². The zero-order chi connectivity index (χ0) is 18.1. The fourth-order valence-corrected chi connectivity index (χ4v) is 4.91. The summed E-state index contributed by atoms with van der Waals surface area (Å²) in [6, 6.07) is 15.5. The van der Waals surface area contributed by atoms with Crippen LogP contribution in [0.15, 0.2) is 65.2 Å². The third-order valence-corrected chi connectivity index (χ3v) is 6.23. The predicted octanol–water partition coefficient (Wildman–Crippen LogP) is 4.60. The first-order valence-corrected chi connectivity index (χ1v) is 9.49. The molecule has 1 aliphatic heterocycles. The Kier molecular flexibility index (Phi) is 4.55. The number of anilines is 1. The number of ether oxygens (including phenoxy) is 1. The number of methoxy groups -OCH3 is 1. The van der Waals surface area contributed by atoms with E-state index in [-0.39, 0.29) is 22.9 Å². The SMILES string of the molecule is COC(=O)c1ccc([C@H]2Sc3ccccc3NC3=CCCC(=O)[C@@H]32)cc1. The first kappa shape index (κ1) is 16.9. The minimum Gasteiger partial charge on any atom is -0.465 e. The fourth-order valence-electron chi connectivity index (χ4n) is 3.51. The number of benzene rings is 2. The molecule has 0 aromatic heterocycles. The van der Waals surface area contributed by atoms with Gasteiger partial charge in [-0.15, -0.1) is 11.8 Å². The van der Waals surface area contributed by atoms with E-state index in [2.05, 4.69) is 17.5 Å². The number of para-hydroxylation sites is 1. The Labute approximate surface area is 156 Å². The molecule has 2 atom stereocenters. The summed E-state index contributed by atoms with van der Waals surface area (Å²) in [5, 5.41) is 3.44. The van der Waals surface area contributed by atoms with Crippen LogP contribution in [-0.2, 0) is 9.53 Å². The molecule has 0 fully saturated rings. The topological polar surface area (TPSA) is 55.4 Å². The molecule has 0 saturated carbocycles. The fraction of sp³-hybridized carbons (Fsp3) is 0.238. The van der Waals surface area contributed by atoms with Crippen LogP contribution in [0, 0.1) is 5.92 Å². The van der Waals surface area contributed by atoms with Crippen LogP contribution in [0.25, 0.3) is 0 Å². The van der Waals surface area contributed by atoms with Crippen molar-refractivity contribution < 1.29 is 14.3 Å². The number of allylic oxidation sites excluding steroid dienone is 2. The summed E-state index contributed by atoms with van der Waals surface area (Å²) >= 11 is 1.70. The largest absolute Gasteiger partial charge is 0.465 e. The molecule has 1 N–H and O–H groups in total. The van der Waals surface area contributed by atoms with E-state index in [0.717, 1.165) is 28.3 Å². The number of fused-ring (bicyclic) bond motifs is 2. The average molecular weight is 365 g/mol. The Balaban J connectivity index is 1.77. The van der Waals surface area contributed by atoms with E-state index in [4.69, 9.17) is 4.74 Å². The molecule has 0 bridgehead atoms. The Hall–Kier alpha value is -2.53. The van der Waals surface area contributed by atoms with E-state index in [9.17, 15) is 9.59 Å². The van der Waals surface area contributed by atoms with Gasteiger partial charge in [-0.1, -0.05) is 30.3 Å². The third-order valence-electron chi connectivity index (χ3n) is 4.82. The number of Topliss-reactive ketones (excluding diaryl/α,β-unsaturated/α-hetero) is 1. The number of ketones is 1. The van der Waals surface area contributed by atoms with Gasteiger partial charge in [0.2, 0.25) is 0 Å². The zero-order valence-electron chi connectivity index (χ0n) is 14.4. The minimum atomic E-state index is -0.355. The van der Waals surface area contributed by atoms with Crippen LogP contribution in [0.2, 0.25) is 0 Å². The second kappa shape index (κ2) is 7.00. The van der Waals surface area contributed by atoms with Gasteiger partial charge in [0, 0.05) is 22.3 Å². The minimum absolute atomic E-state index is 0.0307. The maximum absolute atomic E-state index is 12.8. The van der Waals surface area contributed by atoms with Crippen LogP contribution < -0.4 is 5.32 Å². The number of carbonyl (C=O) groups is 2. The molecule has 26 heavy (non-hydrogen) atoms. The van der Waals surface area contributed by atoms with Gasteiger partial charge in [-0.2, -0.15) is 0 Å². The smallest absolute Gasteiger partial charge is 0.337 e. The first-order chi connectivity index (χ1) is 12.7. The lowest BCUT2D eigenvalue weighted by Crippen LogP contribution is -2.27. The highest BCUT2D eigenvalue weighted by Gasteiger charge is 2.37. The van der Waals surface area contributed by atoms with Crippen molar-refractivity contribution in [2.24, 2.45) is 5.92 Å². The highest BCUT2D eigenvalue weighted by Crippen LogP contribution is 2.50. The van der Waals surface area contributed by atoms with Crippen molar-refractivity contribution in [3.05, 3.63) is 71.4 Å². The van der Waals surface area contributed by atoms with Crippen LogP contribution in [0.5, 0.6) is 0 Å². The van der Waals surface area contributed by atoms with Gasteiger partial charge in [-0.3, -0.25) is 4.79 Å². The lowest BCUT2D eigenvalue weighted by molar-refractivity contribution is -0.122. The van der Waals surface area contributed by atoms with Crippen molar-refractivity contribution in [3.63, 3.8) is 0 Å². The average Bonchev–Trinajstić information content (AvgIpc) is 2.85. The second-order valence-electron chi connectivity index (χ2n) is 6.42. The Bertz CT molecular complexity index is 888. The third kappa shape index (κ3) is 3.03. The van der Waals surface area contributed by atoms with Crippen LogP contribution in [-0.4, -0.2) is 18.9 Å². The summed E-state index contributed by atoms with van der Waals surface area (Å²) in [5.41, 5.74) is 3.57. The highest BCUT2D eigenvalue weighted by atomic mass is 32.2. The number of hydrogen-bond acceptors (Lipinski definition) is 5. The molecule has 0 unspecified atom stereocenters. The molecule has 0 radical (unpaired) electrons. The van der Waals surface area contributed by atoms with E-state index < -0.39 is 0 Å². The number of carbonyl (C=O) groups excluding carboxylic acids is 2. The summed E-state index contributed by atoms with van der Waals surface area (Å²) in [6.07, 6.45) is 3.49. The van der Waals surface area contributed by atoms with E-state index >= 15 is 0 Å². The molecular weight excluding hydrogens is 346 g/mol. The Morgan fingerprint density at radius 1 is 1.15 bits per heavy atom. The Morgan fingerprint density at radius 3 is 2.69 bits per heavy atom. The molecule has 0 saturated heterocycles. The summed E-state index contributed by atoms with van der Waals surface area (Å²) in [5.74, 6) is -0.297. The van der Waals surface area contributed by atoms with Gasteiger partial charge in [0.25, 0.3) is 0 Å². The van der Waals surface area contributed by atoms with Crippen LogP contribution in [0.4, 0.5) is 5.69 Å². The number of nitrogens with one attached hydrogen (secondary N) is 1. The number of rotatable bonds is 2. The molecule has 132 valence electrons. The van der Waals surface area contributed by atoms with Crippen molar-refractivity contribution in [2.75, 3.05) is 12.4 Å². The van der Waals surface area contributed by atoms with Crippen molar-refractivity contribution in [3.8, 4) is 0 Å². The standard InChI is InChI=1S/C21H19NO3S/c1-25-21(24)14-11-9-13(10-12-14)20-19-16(6-4-7-17(19)23)22-15-5-2-3-8-18(15)26-20/h2-3,5-6,8-12,19-20,22H,4,7H2,1H3/t19-,20-/m1/s1. The molecule has 4 rings (SSSR count). The van der Waals surface area contributed by atoms with Crippen molar-refractivity contribution in [2.45, 2.75) is 23.0 Å². The summed E-state index contributed by atoms with van der Waals surface area (Å²) in [7, 11) is 1.37. The van der Waals surface area contributed by atoms with Gasteiger partial charge >= 0.3 is 5.97 Å². The van der Waals surface area contributed by atoms with Gasteiger partial charge in [0.15, 0.2) is 0 Å². The molecular formula is C21H19NO3S. The number of thioether (sulfide) groups is 1. The molecule has 1 heterocycles. The van der Waals surface area contributed by atoms with Gasteiger partial charge in [-0.25, -0.2) is 4.79 Å². The molecule has 0 spiro atoms. The monoisotopic (exact) mass is 365 g/mol. The van der Waals surface area contributed by atoms with Crippen LogP contribution in [0.1, 0.15) is 34.0 Å². The molecule has 0 amide bonds.